The molecule has 10 heteroatoms. The van der Waals surface area contributed by atoms with E-state index in [1.807, 2.05) is 6.07 Å². The lowest BCUT2D eigenvalue weighted by atomic mass is 9.74. The number of nitrogens with zero attached hydrogens (tertiary/aromatic N) is 4. The molecule has 4 N–H and O–H groups in total. The summed E-state index contributed by atoms with van der Waals surface area (Å²) >= 11 is 0. The fourth-order valence-electron chi connectivity index (χ4n) is 4.03. The molecule has 1 aromatic carbocycles. The van der Waals surface area contributed by atoms with E-state index in [9.17, 15) is 23.4 Å². The number of nitrogens with two attached hydrogens (primary N) is 1. The van der Waals surface area contributed by atoms with Crippen molar-refractivity contribution >= 4 is 10.9 Å². The molecule has 1 saturated carbocycles. The Hall–Kier alpha value is -3.34. The summed E-state index contributed by atoms with van der Waals surface area (Å²) in [5, 5.41) is 25.3. The molecular weight excluding hydrogens is 435 g/mol. The maximum absolute atomic E-state index is 13.1. The number of aliphatic hydroxyl groups excluding tert-OH is 1. The first kappa shape index (κ1) is 21.5. The molecule has 0 aliphatic heterocycles. The lowest BCUT2D eigenvalue weighted by Crippen LogP contribution is -2.51. The monoisotopic (exact) mass is 455 g/mol. The standard InChI is InChI=1S/C23H20F3N5O2/c24-23(25,26)20-5-2-6-21(30-20)31-18-9-13(7-8-14(18)12-28-31)17-3-1-4-19(29-17)22(27,33)15-10-16(32)11-15/h1-9,12,15-16,32-33H,10-11,27H2/t15?,16?,22-/m0/s1. The van der Waals surface area contributed by atoms with Gasteiger partial charge in [-0.2, -0.15) is 18.3 Å². The van der Waals surface area contributed by atoms with Gasteiger partial charge < -0.3 is 10.2 Å². The number of benzene rings is 1. The van der Waals surface area contributed by atoms with Crippen LogP contribution in [0.5, 0.6) is 0 Å². The Kier molecular flexibility index (Phi) is 4.96. The van der Waals surface area contributed by atoms with Crippen LogP contribution < -0.4 is 5.73 Å². The largest absolute Gasteiger partial charge is 0.433 e. The topological polar surface area (TPSA) is 110 Å². The fraction of sp³-hybridized carbons (Fsp3) is 0.261. The molecule has 1 aliphatic rings. The lowest BCUT2D eigenvalue weighted by Gasteiger charge is -2.41. The van der Waals surface area contributed by atoms with Crippen molar-refractivity contribution in [2.24, 2.45) is 11.7 Å². The van der Waals surface area contributed by atoms with Crippen molar-refractivity contribution in [1.82, 2.24) is 19.7 Å². The van der Waals surface area contributed by atoms with Crippen molar-refractivity contribution in [3.63, 3.8) is 0 Å². The van der Waals surface area contributed by atoms with Crippen molar-refractivity contribution in [3.05, 3.63) is 72.2 Å². The van der Waals surface area contributed by atoms with Gasteiger partial charge in [-0.3, -0.25) is 5.73 Å². The van der Waals surface area contributed by atoms with Gasteiger partial charge in [0.05, 0.1) is 29.2 Å². The van der Waals surface area contributed by atoms with Crippen LogP contribution in [0, 0.1) is 5.92 Å². The molecule has 170 valence electrons. The van der Waals surface area contributed by atoms with E-state index in [0.717, 1.165) is 6.07 Å². The molecule has 0 unspecified atom stereocenters. The fourth-order valence-corrected chi connectivity index (χ4v) is 4.03. The van der Waals surface area contributed by atoms with Gasteiger partial charge in [0, 0.05) is 16.9 Å². The quantitative estimate of drug-likeness (QED) is 0.407. The van der Waals surface area contributed by atoms with Crippen LogP contribution in [0.25, 0.3) is 28.0 Å². The number of fused-ring (bicyclic) bond motifs is 1. The highest BCUT2D eigenvalue weighted by Gasteiger charge is 2.44. The van der Waals surface area contributed by atoms with Gasteiger partial charge in [-0.1, -0.05) is 24.3 Å². The second-order valence-electron chi connectivity index (χ2n) is 8.26. The van der Waals surface area contributed by atoms with Crippen LogP contribution in [0.3, 0.4) is 0 Å². The molecular formula is C23H20F3N5O2. The van der Waals surface area contributed by atoms with Crippen LogP contribution >= 0.6 is 0 Å². The predicted octanol–water partition coefficient (Wildman–Crippen LogP) is 3.38. The first-order valence-electron chi connectivity index (χ1n) is 10.3. The highest BCUT2D eigenvalue weighted by atomic mass is 19.4. The third-order valence-electron chi connectivity index (χ3n) is 6.00. The summed E-state index contributed by atoms with van der Waals surface area (Å²) in [4.78, 5) is 8.25. The Labute approximate surface area is 186 Å². The molecule has 33 heavy (non-hydrogen) atoms. The van der Waals surface area contributed by atoms with Crippen molar-refractivity contribution in [2.75, 3.05) is 0 Å². The molecule has 1 aliphatic carbocycles. The van der Waals surface area contributed by atoms with Crippen LogP contribution in [0.4, 0.5) is 13.2 Å². The Bertz CT molecular complexity index is 1330. The third-order valence-corrected chi connectivity index (χ3v) is 6.00. The average Bonchev–Trinajstić information content (AvgIpc) is 3.20. The zero-order valence-corrected chi connectivity index (χ0v) is 17.2. The van der Waals surface area contributed by atoms with Gasteiger partial charge in [-0.05, 0) is 43.2 Å². The molecule has 1 atom stereocenters. The molecule has 0 radical (unpaired) electrons. The molecule has 7 nitrogen and oxygen atoms in total. The van der Waals surface area contributed by atoms with Crippen LogP contribution in [-0.2, 0) is 11.9 Å². The van der Waals surface area contributed by atoms with Crippen LogP contribution in [0.2, 0.25) is 0 Å². The number of alkyl halides is 3. The highest BCUT2D eigenvalue weighted by molar-refractivity contribution is 5.84. The summed E-state index contributed by atoms with van der Waals surface area (Å²) in [7, 11) is 0. The maximum Gasteiger partial charge on any atom is 0.433 e. The zero-order valence-electron chi connectivity index (χ0n) is 17.2. The smallest absolute Gasteiger partial charge is 0.393 e. The van der Waals surface area contributed by atoms with Gasteiger partial charge in [0.1, 0.15) is 5.69 Å². The summed E-state index contributed by atoms with van der Waals surface area (Å²) < 4.78 is 40.7. The second kappa shape index (κ2) is 7.62. The van der Waals surface area contributed by atoms with Gasteiger partial charge in [0.2, 0.25) is 0 Å². The molecule has 4 aromatic rings. The highest BCUT2D eigenvalue weighted by Crippen LogP contribution is 2.39. The molecule has 0 saturated heterocycles. The Morgan fingerprint density at radius 1 is 0.970 bits per heavy atom. The third kappa shape index (κ3) is 3.86. The van der Waals surface area contributed by atoms with E-state index in [-0.39, 0.29) is 17.4 Å². The van der Waals surface area contributed by atoms with Gasteiger partial charge >= 0.3 is 6.18 Å². The van der Waals surface area contributed by atoms with E-state index in [4.69, 9.17) is 5.73 Å². The summed E-state index contributed by atoms with van der Waals surface area (Å²) in [6, 6.07) is 14.1. The molecule has 1 fully saturated rings. The summed E-state index contributed by atoms with van der Waals surface area (Å²) in [6.07, 6.45) is -2.70. The summed E-state index contributed by atoms with van der Waals surface area (Å²) in [6.45, 7) is 0. The lowest BCUT2D eigenvalue weighted by molar-refractivity contribution is -0.141. The minimum absolute atomic E-state index is 0.0403. The van der Waals surface area contributed by atoms with Gasteiger partial charge in [0.25, 0.3) is 0 Å². The summed E-state index contributed by atoms with van der Waals surface area (Å²) in [5.74, 6) is -0.260. The van der Waals surface area contributed by atoms with Crippen molar-refractivity contribution in [1.29, 1.82) is 0 Å². The second-order valence-corrected chi connectivity index (χ2v) is 8.26. The van der Waals surface area contributed by atoms with Crippen molar-refractivity contribution < 1.29 is 23.4 Å². The van der Waals surface area contributed by atoms with E-state index in [1.54, 1.807) is 36.5 Å². The minimum atomic E-state index is -4.57. The van der Waals surface area contributed by atoms with E-state index < -0.39 is 23.7 Å². The zero-order chi connectivity index (χ0) is 23.4. The normalized spacial score (nSPS) is 20.4. The van der Waals surface area contributed by atoms with Gasteiger partial charge in [-0.15, -0.1) is 0 Å². The molecule has 3 aromatic heterocycles. The van der Waals surface area contributed by atoms with E-state index >= 15 is 0 Å². The van der Waals surface area contributed by atoms with Gasteiger partial charge in [0.15, 0.2) is 11.5 Å². The number of rotatable bonds is 4. The minimum Gasteiger partial charge on any atom is -0.393 e. The first-order valence-corrected chi connectivity index (χ1v) is 10.3. The molecule has 0 spiro atoms. The number of aromatic nitrogens is 4. The molecule has 3 heterocycles. The number of halogens is 3. The average molecular weight is 455 g/mol. The Morgan fingerprint density at radius 3 is 2.42 bits per heavy atom. The van der Waals surface area contributed by atoms with Crippen LogP contribution in [0.1, 0.15) is 24.2 Å². The molecule has 5 rings (SSSR count). The molecule has 0 amide bonds. The Morgan fingerprint density at radius 2 is 1.70 bits per heavy atom. The van der Waals surface area contributed by atoms with Crippen LogP contribution in [-0.4, -0.2) is 36.1 Å². The number of pyridine rings is 2. The Balaban J connectivity index is 1.54. The number of hydrogen-bond donors (Lipinski definition) is 3. The first-order chi connectivity index (χ1) is 15.6. The van der Waals surface area contributed by atoms with Crippen molar-refractivity contribution in [3.8, 4) is 17.1 Å². The number of hydrogen-bond acceptors (Lipinski definition) is 6. The summed E-state index contributed by atoms with van der Waals surface area (Å²) in [5.41, 5.74) is 5.50. The van der Waals surface area contributed by atoms with E-state index in [0.29, 0.717) is 35.0 Å². The predicted molar refractivity (Wildman–Crippen MR) is 114 cm³/mol. The van der Waals surface area contributed by atoms with Gasteiger partial charge in [-0.25, -0.2) is 14.6 Å². The van der Waals surface area contributed by atoms with E-state index in [1.165, 1.54) is 16.8 Å². The van der Waals surface area contributed by atoms with E-state index in [2.05, 4.69) is 15.1 Å². The van der Waals surface area contributed by atoms with Crippen LogP contribution in [0.15, 0.2) is 60.8 Å². The van der Waals surface area contributed by atoms with Crippen molar-refractivity contribution in [2.45, 2.75) is 30.8 Å². The SMILES string of the molecule is N[C@@](O)(c1cccc(-c2ccc3cnn(-c4cccc(C(F)(F)F)n4)c3c2)n1)C1CC(O)C1. The number of aliphatic hydroxyl groups is 2. The maximum atomic E-state index is 13.1. The molecule has 0 bridgehead atoms.